The molecule has 2 heterocycles. The molecule has 20 heavy (non-hydrogen) atoms. The summed E-state index contributed by atoms with van der Waals surface area (Å²) in [6, 6.07) is 9.19. The van der Waals surface area contributed by atoms with Gasteiger partial charge in [-0.15, -0.1) is 0 Å². The summed E-state index contributed by atoms with van der Waals surface area (Å²) in [6.07, 6.45) is 0. The number of nitrogens with zero attached hydrogens (tertiary/aromatic N) is 3. The quantitative estimate of drug-likeness (QED) is 0.787. The predicted octanol–water partition coefficient (Wildman–Crippen LogP) is 2.97. The average molecular weight is 289 g/mol. The molecule has 6 heteroatoms. The minimum Gasteiger partial charge on any atom is -0.481 e. The maximum Gasteiger partial charge on any atom is 0.215 e. The van der Waals surface area contributed by atoms with Gasteiger partial charge in [0.1, 0.15) is 5.52 Å². The van der Waals surface area contributed by atoms with Crippen LogP contribution in [0.3, 0.4) is 0 Å². The van der Waals surface area contributed by atoms with Crippen LogP contribution >= 0.6 is 11.6 Å². The number of nitrogen functional groups attached to an aromatic ring is 1. The van der Waals surface area contributed by atoms with Crippen molar-refractivity contribution < 1.29 is 4.74 Å². The van der Waals surface area contributed by atoms with E-state index in [0.29, 0.717) is 28.0 Å². The number of hydrogen-bond acceptors (Lipinski definition) is 4. The van der Waals surface area contributed by atoms with Crippen molar-refractivity contribution in [3.63, 3.8) is 0 Å². The Morgan fingerprint density at radius 3 is 2.75 bits per heavy atom. The summed E-state index contributed by atoms with van der Waals surface area (Å²) in [7, 11) is 1.57. The third-order valence-corrected chi connectivity index (χ3v) is 3.36. The number of hydrogen-bond donors (Lipinski definition) is 1. The van der Waals surface area contributed by atoms with Crippen molar-refractivity contribution >= 4 is 28.7 Å². The van der Waals surface area contributed by atoms with E-state index in [1.54, 1.807) is 17.7 Å². The van der Waals surface area contributed by atoms with Crippen LogP contribution in [-0.2, 0) is 0 Å². The molecule has 0 atom stereocenters. The summed E-state index contributed by atoms with van der Waals surface area (Å²) in [5.74, 6) is 0.879. The van der Waals surface area contributed by atoms with Crippen molar-refractivity contribution in [2.24, 2.45) is 0 Å². The number of methoxy groups -OCH3 is 1. The molecule has 2 N–H and O–H groups in total. The number of aromatic nitrogens is 3. The first-order chi connectivity index (χ1) is 9.60. The summed E-state index contributed by atoms with van der Waals surface area (Å²) in [6.45, 7) is 1.98. The molecule has 0 saturated carbocycles. The Bertz CT molecular complexity index is 797. The molecule has 0 aliphatic rings. The first-order valence-electron chi connectivity index (χ1n) is 6.05. The molecule has 102 valence electrons. The fourth-order valence-electron chi connectivity index (χ4n) is 2.13. The zero-order chi connectivity index (χ0) is 14.3. The normalized spacial score (nSPS) is 10.9. The summed E-state index contributed by atoms with van der Waals surface area (Å²) < 4.78 is 6.93. The van der Waals surface area contributed by atoms with E-state index in [-0.39, 0.29) is 0 Å². The van der Waals surface area contributed by atoms with Crippen LogP contribution in [0.15, 0.2) is 30.3 Å². The third-order valence-electron chi connectivity index (χ3n) is 3.13. The molecule has 0 spiro atoms. The SMILES string of the molecule is COc1ccc2nc(N)n(-c3cc(Cl)ccc3C)c2n1. The Hall–Kier alpha value is -2.27. The van der Waals surface area contributed by atoms with E-state index in [1.807, 2.05) is 31.2 Å². The van der Waals surface area contributed by atoms with E-state index in [0.717, 1.165) is 11.3 Å². The third kappa shape index (κ3) is 1.96. The number of imidazole rings is 1. The molecule has 0 aliphatic heterocycles. The highest BCUT2D eigenvalue weighted by Crippen LogP contribution is 2.27. The molecular weight excluding hydrogens is 276 g/mol. The molecule has 0 saturated heterocycles. The van der Waals surface area contributed by atoms with Crippen molar-refractivity contribution in [1.29, 1.82) is 0 Å². The average Bonchev–Trinajstić information content (AvgIpc) is 2.76. The Morgan fingerprint density at radius 1 is 1.20 bits per heavy atom. The van der Waals surface area contributed by atoms with Crippen LogP contribution in [0.2, 0.25) is 5.02 Å². The number of nitrogens with two attached hydrogens (primary N) is 1. The Balaban J connectivity index is 2.34. The second-order valence-electron chi connectivity index (χ2n) is 4.43. The van der Waals surface area contributed by atoms with Gasteiger partial charge in [-0.2, -0.15) is 4.98 Å². The highest BCUT2D eigenvalue weighted by molar-refractivity contribution is 6.30. The van der Waals surface area contributed by atoms with E-state index in [4.69, 9.17) is 22.1 Å². The van der Waals surface area contributed by atoms with Crippen LogP contribution in [-0.4, -0.2) is 21.6 Å². The molecule has 0 unspecified atom stereocenters. The molecule has 3 aromatic rings. The molecule has 0 aliphatic carbocycles. The van der Waals surface area contributed by atoms with Crippen LogP contribution in [0.1, 0.15) is 5.56 Å². The number of anilines is 1. The lowest BCUT2D eigenvalue weighted by molar-refractivity contribution is 0.399. The Labute approximate surface area is 121 Å². The van der Waals surface area contributed by atoms with Gasteiger partial charge in [-0.3, -0.25) is 4.57 Å². The van der Waals surface area contributed by atoms with Crippen LogP contribution in [0.5, 0.6) is 5.88 Å². The lowest BCUT2D eigenvalue weighted by Gasteiger charge is -2.10. The van der Waals surface area contributed by atoms with Gasteiger partial charge < -0.3 is 10.5 Å². The van der Waals surface area contributed by atoms with E-state index in [1.165, 1.54) is 0 Å². The molecular formula is C14H13ClN4O. The monoisotopic (exact) mass is 288 g/mol. The minimum atomic E-state index is 0.367. The standard InChI is InChI=1S/C14H13ClN4O/c1-8-3-4-9(15)7-11(8)19-13-10(17-14(19)16)5-6-12(18-13)20-2/h3-7H,1-2H3,(H2,16,17). The maximum atomic E-state index is 6.08. The van der Waals surface area contributed by atoms with Gasteiger partial charge in [0.15, 0.2) is 5.65 Å². The highest BCUT2D eigenvalue weighted by Gasteiger charge is 2.14. The van der Waals surface area contributed by atoms with Gasteiger partial charge in [0.2, 0.25) is 11.8 Å². The minimum absolute atomic E-state index is 0.367. The number of benzene rings is 1. The van der Waals surface area contributed by atoms with Crippen molar-refractivity contribution in [2.45, 2.75) is 6.92 Å². The van der Waals surface area contributed by atoms with Crippen LogP contribution in [0.4, 0.5) is 5.95 Å². The van der Waals surface area contributed by atoms with Crippen molar-refractivity contribution in [2.75, 3.05) is 12.8 Å². The largest absolute Gasteiger partial charge is 0.481 e. The van der Waals surface area contributed by atoms with Crippen LogP contribution < -0.4 is 10.5 Å². The fourth-order valence-corrected chi connectivity index (χ4v) is 2.30. The zero-order valence-corrected chi connectivity index (χ0v) is 11.8. The molecule has 2 aromatic heterocycles. The van der Waals surface area contributed by atoms with Crippen molar-refractivity contribution in [3.8, 4) is 11.6 Å². The number of pyridine rings is 1. The summed E-state index contributed by atoms with van der Waals surface area (Å²) in [4.78, 5) is 8.73. The predicted molar refractivity (Wildman–Crippen MR) is 79.6 cm³/mol. The topological polar surface area (TPSA) is 66.0 Å². The lowest BCUT2D eigenvalue weighted by Crippen LogP contribution is -2.03. The second kappa shape index (κ2) is 4.68. The van der Waals surface area contributed by atoms with E-state index >= 15 is 0 Å². The maximum absolute atomic E-state index is 6.08. The van der Waals surface area contributed by atoms with Gasteiger partial charge in [0.05, 0.1) is 12.8 Å². The molecule has 0 fully saturated rings. The van der Waals surface area contributed by atoms with Crippen molar-refractivity contribution in [3.05, 3.63) is 40.9 Å². The number of fused-ring (bicyclic) bond motifs is 1. The van der Waals surface area contributed by atoms with Crippen LogP contribution in [0, 0.1) is 6.92 Å². The van der Waals surface area contributed by atoms with Gasteiger partial charge in [-0.1, -0.05) is 17.7 Å². The molecule has 0 radical (unpaired) electrons. The van der Waals surface area contributed by atoms with Gasteiger partial charge in [-0.25, -0.2) is 4.98 Å². The fraction of sp³-hybridized carbons (Fsp3) is 0.143. The highest BCUT2D eigenvalue weighted by atomic mass is 35.5. The summed E-state index contributed by atoms with van der Waals surface area (Å²) in [5.41, 5.74) is 9.27. The van der Waals surface area contributed by atoms with Gasteiger partial charge in [0, 0.05) is 11.1 Å². The molecule has 5 nitrogen and oxygen atoms in total. The van der Waals surface area contributed by atoms with E-state index < -0.39 is 0 Å². The van der Waals surface area contributed by atoms with E-state index in [2.05, 4.69) is 9.97 Å². The Kier molecular flexibility index (Phi) is 2.99. The molecule has 0 amide bonds. The number of ether oxygens (including phenoxy) is 1. The summed E-state index contributed by atoms with van der Waals surface area (Å²) >= 11 is 6.08. The van der Waals surface area contributed by atoms with E-state index in [9.17, 15) is 0 Å². The molecule has 1 aromatic carbocycles. The smallest absolute Gasteiger partial charge is 0.215 e. The second-order valence-corrected chi connectivity index (χ2v) is 4.87. The number of halogens is 1. The lowest BCUT2D eigenvalue weighted by atomic mass is 10.2. The number of rotatable bonds is 2. The number of aryl methyl sites for hydroxylation is 1. The van der Waals surface area contributed by atoms with Crippen molar-refractivity contribution in [1.82, 2.24) is 14.5 Å². The Morgan fingerprint density at radius 2 is 2.00 bits per heavy atom. The van der Waals surface area contributed by atoms with Crippen LogP contribution in [0.25, 0.3) is 16.9 Å². The first kappa shape index (κ1) is 12.7. The van der Waals surface area contributed by atoms with Gasteiger partial charge >= 0.3 is 0 Å². The summed E-state index contributed by atoms with van der Waals surface area (Å²) in [5, 5.41) is 0.634. The molecule has 0 bridgehead atoms. The zero-order valence-electron chi connectivity index (χ0n) is 11.1. The van der Waals surface area contributed by atoms with Gasteiger partial charge in [-0.05, 0) is 30.7 Å². The van der Waals surface area contributed by atoms with Gasteiger partial charge in [0.25, 0.3) is 0 Å². The first-order valence-corrected chi connectivity index (χ1v) is 6.43. The molecule has 3 rings (SSSR count).